The van der Waals surface area contributed by atoms with Gasteiger partial charge in [0.15, 0.2) is 5.69 Å². The van der Waals surface area contributed by atoms with Crippen LogP contribution in [0.15, 0.2) is 25.0 Å². The van der Waals surface area contributed by atoms with E-state index >= 15 is 0 Å². The number of aromatic nitrogens is 2. The first kappa shape index (κ1) is 9.20. The standard InChI is InChI=1S/C9H9N3O/c1-2-3-4-13-9-7-11-8(5-10)6-12-9/h2,6-7H,1,3-4H2. The number of nitrogens with zero attached hydrogens (tertiary/aromatic N) is 3. The van der Waals surface area contributed by atoms with Crippen molar-refractivity contribution in [1.29, 1.82) is 5.26 Å². The van der Waals surface area contributed by atoms with Crippen LogP contribution in [0.25, 0.3) is 0 Å². The second kappa shape index (κ2) is 4.88. The van der Waals surface area contributed by atoms with E-state index in [0.29, 0.717) is 12.5 Å². The largest absolute Gasteiger partial charge is 0.476 e. The van der Waals surface area contributed by atoms with Crippen molar-refractivity contribution in [3.05, 3.63) is 30.7 Å². The minimum absolute atomic E-state index is 0.288. The van der Waals surface area contributed by atoms with Gasteiger partial charge in [-0.05, 0) is 6.42 Å². The second-order valence-electron chi connectivity index (χ2n) is 2.28. The van der Waals surface area contributed by atoms with E-state index in [1.165, 1.54) is 12.4 Å². The molecule has 0 N–H and O–H groups in total. The molecule has 0 radical (unpaired) electrons. The Morgan fingerprint density at radius 3 is 2.92 bits per heavy atom. The quantitative estimate of drug-likeness (QED) is 0.511. The Kier molecular flexibility index (Phi) is 3.45. The highest BCUT2D eigenvalue weighted by atomic mass is 16.5. The van der Waals surface area contributed by atoms with Crippen LogP contribution in [0.4, 0.5) is 0 Å². The Balaban J connectivity index is 2.50. The van der Waals surface area contributed by atoms with Crippen LogP contribution >= 0.6 is 0 Å². The number of hydrogen-bond donors (Lipinski definition) is 0. The van der Waals surface area contributed by atoms with Gasteiger partial charge >= 0.3 is 0 Å². The molecule has 0 aliphatic rings. The summed E-state index contributed by atoms with van der Waals surface area (Å²) in [5, 5.41) is 8.44. The van der Waals surface area contributed by atoms with Crippen molar-refractivity contribution in [2.75, 3.05) is 6.61 Å². The summed E-state index contributed by atoms with van der Waals surface area (Å²) in [6.07, 6.45) is 5.34. The van der Waals surface area contributed by atoms with Gasteiger partial charge in [0.2, 0.25) is 5.88 Å². The zero-order chi connectivity index (χ0) is 9.52. The van der Waals surface area contributed by atoms with Crippen LogP contribution in [0.5, 0.6) is 5.88 Å². The van der Waals surface area contributed by atoms with Crippen LogP contribution in [0, 0.1) is 11.3 Å². The maximum atomic E-state index is 8.44. The van der Waals surface area contributed by atoms with Crippen LogP contribution in [0.2, 0.25) is 0 Å². The van der Waals surface area contributed by atoms with Gasteiger partial charge in [0.05, 0.1) is 19.0 Å². The number of ether oxygens (including phenoxy) is 1. The maximum Gasteiger partial charge on any atom is 0.232 e. The molecule has 1 aromatic rings. The van der Waals surface area contributed by atoms with Crippen molar-refractivity contribution >= 4 is 0 Å². The fourth-order valence-electron chi connectivity index (χ4n) is 0.695. The highest BCUT2D eigenvalue weighted by Crippen LogP contribution is 2.03. The average molecular weight is 175 g/mol. The molecule has 0 unspecified atom stereocenters. The Labute approximate surface area is 76.5 Å². The van der Waals surface area contributed by atoms with Crippen molar-refractivity contribution in [2.45, 2.75) is 6.42 Å². The van der Waals surface area contributed by atoms with E-state index < -0.39 is 0 Å². The maximum absolute atomic E-state index is 8.44. The van der Waals surface area contributed by atoms with E-state index in [1.807, 2.05) is 6.07 Å². The van der Waals surface area contributed by atoms with Gasteiger partial charge in [-0.3, -0.25) is 0 Å². The first-order valence-corrected chi connectivity index (χ1v) is 3.82. The molecule has 4 heteroatoms. The molecule has 4 nitrogen and oxygen atoms in total. The number of nitriles is 1. The molecule has 0 fully saturated rings. The zero-order valence-corrected chi connectivity index (χ0v) is 7.10. The normalized spacial score (nSPS) is 8.85. The average Bonchev–Trinajstić information content (AvgIpc) is 2.19. The second-order valence-corrected chi connectivity index (χ2v) is 2.28. The lowest BCUT2D eigenvalue weighted by Crippen LogP contribution is -1.98. The molecule has 1 rings (SSSR count). The molecule has 0 saturated heterocycles. The summed E-state index contributed by atoms with van der Waals surface area (Å²) in [6, 6.07) is 1.88. The Bertz CT molecular complexity index is 313. The van der Waals surface area contributed by atoms with Gasteiger partial charge in [-0.25, -0.2) is 9.97 Å². The summed E-state index contributed by atoms with van der Waals surface area (Å²) in [5.41, 5.74) is 0.288. The molecule has 13 heavy (non-hydrogen) atoms. The van der Waals surface area contributed by atoms with Crippen molar-refractivity contribution < 1.29 is 4.74 Å². The molecule has 1 aromatic heterocycles. The summed E-state index contributed by atoms with van der Waals surface area (Å²) in [5.74, 6) is 0.431. The third kappa shape index (κ3) is 2.91. The molecular weight excluding hydrogens is 166 g/mol. The zero-order valence-electron chi connectivity index (χ0n) is 7.10. The van der Waals surface area contributed by atoms with E-state index in [0.717, 1.165) is 6.42 Å². The Morgan fingerprint density at radius 1 is 1.54 bits per heavy atom. The fraction of sp³-hybridized carbons (Fsp3) is 0.222. The SMILES string of the molecule is C=CCCOc1cnc(C#N)cn1. The number of rotatable bonds is 4. The third-order valence-corrected chi connectivity index (χ3v) is 1.31. The van der Waals surface area contributed by atoms with Gasteiger partial charge in [-0.2, -0.15) is 5.26 Å². The van der Waals surface area contributed by atoms with E-state index in [4.69, 9.17) is 10.00 Å². The molecule has 0 amide bonds. The van der Waals surface area contributed by atoms with Crippen molar-refractivity contribution in [3.8, 4) is 11.9 Å². The molecule has 66 valence electrons. The minimum atomic E-state index is 0.288. The fourth-order valence-corrected chi connectivity index (χ4v) is 0.695. The molecule has 0 aliphatic carbocycles. The van der Waals surface area contributed by atoms with Crippen LogP contribution in [0.1, 0.15) is 12.1 Å². The van der Waals surface area contributed by atoms with Gasteiger partial charge < -0.3 is 4.74 Å². The van der Waals surface area contributed by atoms with Gasteiger partial charge in [0.25, 0.3) is 0 Å². The number of hydrogen-bond acceptors (Lipinski definition) is 4. The highest BCUT2D eigenvalue weighted by molar-refractivity contribution is 5.18. The summed E-state index contributed by atoms with van der Waals surface area (Å²) >= 11 is 0. The molecule has 1 heterocycles. The lowest BCUT2D eigenvalue weighted by Gasteiger charge is -2.01. The predicted molar refractivity (Wildman–Crippen MR) is 47.1 cm³/mol. The van der Waals surface area contributed by atoms with E-state index in [-0.39, 0.29) is 5.69 Å². The van der Waals surface area contributed by atoms with Crippen molar-refractivity contribution in [2.24, 2.45) is 0 Å². The monoisotopic (exact) mass is 175 g/mol. The summed E-state index contributed by atoms with van der Waals surface area (Å²) < 4.78 is 5.19. The minimum Gasteiger partial charge on any atom is -0.476 e. The lowest BCUT2D eigenvalue weighted by atomic mass is 10.4. The first-order chi connectivity index (χ1) is 6.36. The smallest absolute Gasteiger partial charge is 0.232 e. The van der Waals surface area contributed by atoms with Gasteiger partial charge in [-0.15, -0.1) is 6.58 Å². The van der Waals surface area contributed by atoms with Gasteiger partial charge in [0.1, 0.15) is 6.07 Å². The van der Waals surface area contributed by atoms with E-state index in [2.05, 4.69) is 16.5 Å². The van der Waals surface area contributed by atoms with Crippen LogP contribution in [0.3, 0.4) is 0 Å². The van der Waals surface area contributed by atoms with E-state index in [9.17, 15) is 0 Å². The summed E-state index contributed by atoms with van der Waals surface area (Å²) in [4.78, 5) is 7.68. The van der Waals surface area contributed by atoms with Gasteiger partial charge in [-0.1, -0.05) is 6.08 Å². The first-order valence-electron chi connectivity index (χ1n) is 3.82. The summed E-state index contributed by atoms with van der Waals surface area (Å²) in [6.45, 7) is 4.09. The predicted octanol–water partition coefficient (Wildman–Crippen LogP) is 1.30. The van der Waals surface area contributed by atoms with Crippen molar-refractivity contribution in [1.82, 2.24) is 9.97 Å². The molecule has 0 spiro atoms. The molecule has 0 saturated carbocycles. The van der Waals surface area contributed by atoms with Crippen molar-refractivity contribution in [3.63, 3.8) is 0 Å². The van der Waals surface area contributed by atoms with E-state index in [1.54, 1.807) is 6.08 Å². The van der Waals surface area contributed by atoms with Crippen LogP contribution in [-0.2, 0) is 0 Å². The topological polar surface area (TPSA) is 58.8 Å². The van der Waals surface area contributed by atoms with Crippen LogP contribution < -0.4 is 4.74 Å². The lowest BCUT2D eigenvalue weighted by molar-refractivity contribution is 0.311. The highest BCUT2D eigenvalue weighted by Gasteiger charge is 1.95. The Morgan fingerprint density at radius 2 is 2.38 bits per heavy atom. The Hall–Kier alpha value is -1.89. The summed E-state index contributed by atoms with van der Waals surface area (Å²) in [7, 11) is 0. The molecule has 0 atom stereocenters. The molecule has 0 bridgehead atoms. The molecular formula is C9H9N3O. The third-order valence-electron chi connectivity index (χ3n) is 1.31. The molecule has 0 aliphatic heterocycles. The van der Waals surface area contributed by atoms with Crippen LogP contribution in [-0.4, -0.2) is 16.6 Å². The molecule has 0 aromatic carbocycles. The van der Waals surface area contributed by atoms with Gasteiger partial charge in [0, 0.05) is 0 Å².